The van der Waals surface area contributed by atoms with Crippen molar-refractivity contribution in [2.75, 3.05) is 5.32 Å². The topological polar surface area (TPSA) is 90.5 Å². The molecule has 7 heteroatoms. The lowest BCUT2D eigenvalue weighted by atomic mass is 10.1. The van der Waals surface area contributed by atoms with Crippen molar-refractivity contribution in [2.45, 2.75) is 37.2 Å². The molecule has 0 atom stereocenters. The number of hydrogen-bond donors (Lipinski definition) is 4. The summed E-state index contributed by atoms with van der Waals surface area (Å²) >= 11 is 1.55. The van der Waals surface area contributed by atoms with Crippen LogP contribution in [0.15, 0.2) is 71.6 Å². The SMILES string of the molecule is O=C1CCCc2cc(SNCc3ccc(C(=O)NCc4cccc(O)c4)cc3)ccc2N1. The second kappa shape index (κ2) is 10.3. The van der Waals surface area contributed by atoms with Crippen LogP contribution in [-0.4, -0.2) is 16.9 Å². The van der Waals surface area contributed by atoms with Gasteiger partial charge in [0.2, 0.25) is 5.91 Å². The fourth-order valence-electron chi connectivity index (χ4n) is 3.54. The molecule has 32 heavy (non-hydrogen) atoms. The van der Waals surface area contributed by atoms with Gasteiger partial charge in [-0.25, -0.2) is 0 Å². The number of carbonyl (C=O) groups excluding carboxylic acids is 2. The Morgan fingerprint density at radius 3 is 2.62 bits per heavy atom. The number of hydrogen-bond acceptors (Lipinski definition) is 5. The Morgan fingerprint density at radius 2 is 1.81 bits per heavy atom. The monoisotopic (exact) mass is 447 g/mol. The van der Waals surface area contributed by atoms with Gasteiger partial charge in [0, 0.05) is 35.7 Å². The van der Waals surface area contributed by atoms with Crippen LogP contribution in [-0.2, 0) is 24.3 Å². The van der Waals surface area contributed by atoms with Gasteiger partial charge in [-0.15, -0.1) is 0 Å². The molecule has 0 aliphatic carbocycles. The molecule has 4 rings (SSSR count). The van der Waals surface area contributed by atoms with Gasteiger partial charge in [0.1, 0.15) is 5.75 Å². The minimum Gasteiger partial charge on any atom is -0.508 e. The number of aryl methyl sites for hydroxylation is 1. The van der Waals surface area contributed by atoms with E-state index in [0.717, 1.165) is 34.6 Å². The second-order valence-electron chi connectivity index (χ2n) is 7.69. The van der Waals surface area contributed by atoms with Crippen LogP contribution in [0.5, 0.6) is 5.75 Å². The van der Waals surface area contributed by atoms with Crippen molar-refractivity contribution in [3.63, 3.8) is 0 Å². The summed E-state index contributed by atoms with van der Waals surface area (Å²) in [7, 11) is 0. The van der Waals surface area contributed by atoms with Gasteiger partial charge in [0.05, 0.1) is 0 Å². The Labute approximate surface area is 191 Å². The smallest absolute Gasteiger partial charge is 0.251 e. The van der Waals surface area contributed by atoms with Crippen LogP contribution in [0.2, 0.25) is 0 Å². The Balaban J connectivity index is 1.26. The van der Waals surface area contributed by atoms with Gasteiger partial charge in [-0.2, -0.15) is 0 Å². The van der Waals surface area contributed by atoms with Gasteiger partial charge in [-0.1, -0.05) is 24.3 Å². The average Bonchev–Trinajstić information content (AvgIpc) is 2.98. The molecule has 0 fully saturated rings. The maximum absolute atomic E-state index is 12.4. The number of anilines is 1. The van der Waals surface area contributed by atoms with Crippen molar-refractivity contribution in [3.8, 4) is 5.75 Å². The van der Waals surface area contributed by atoms with Gasteiger partial charge in [0.25, 0.3) is 5.91 Å². The average molecular weight is 448 g/mol. The Kier molecular flexibility index (Phi) is 7.09. The van der Waals surface area contributed by atoms with E-state index >= 15 is 0 Å². The second-order valence-corrected chi connectivity index (χ2v) is 8.66. The van der Waals surface area contributed by atoms with E-state index in [4.69, 9.17) is 0 Å². The summed E-state index contributed by atoms with van der Waals surface area (Å²) in [6, 6.07) is 20.4. The largest absolute Gasteiger partial charge is 0.508 e. The fourth-order valence-corrected chi connectivity index (χ4v) is 4.28. The molecule has 1 aliphatic heterocycles. The first-order chi connectivity index (χ1) is 15.6. The van der Waals surface area contributed by atoms with Crippen LogP contribution in [0.25, 0.3) is 0 Å². The number of phenols is 1. The van der Waals surface area contributed by atoms with Crippen LogP contribution in [0.4, 0.5) is 5.69 Å². The molecule has 2 amide bonds. The van der Waals surface area contributed by atoms with Crippen molar-refractivity contribution in [3.05, 3.63) is 89.0 Å². The van der Waals surface area contributed by atoms with Gasteiger partial charge >= 0.3 is 0 Å². The summed E-state index contributed by atoms with van der Waals surface area (Å²) in [6.07, 6.45) is 2.34. The summed E-state index contributed by atoms with van der Waals surface area (Å²) in [5.74, 6) is 0.113. The Bertz CT molecular complexity index is 1120. The normalized spacial score (nSPS) is 13.1. The molecule has 164 valence electrons. The maximum atomic E-state index is 12.4. The van der Waals surface area contributed by atoms with Gasteiger partial charge in [0.15, 0.2) is 0 Å². The molecule has 0 saturated carbocycles. The molecule has 4 N–H and O–H groups in total. The molecule has 6 nitrogen and oxygen atoms in total. The number of rotatable bonds is 7. The molecule has 1 heterocycles. The third-order valence-corrected chi connectivity index (χ3v) is 6.03. The molecular weight excluding hydrogens is 422 g/mol. The zero-order valence-electron chi connectivity index (χ0n) is 17.6. The summed E-state index contributed by atoms with van der Waals surface area (Å²) in [6.45, 7) is 1.02. The Hall–Kier alpha value is -3.29. The highest BCUT2D eigenvalue weighted by Gasteiger charge is 2.13. The lowest BCUT2D eigenvalue weighted by Crippen LogP contribution is -2.22. The maximum Gasteiger partial charge on any atom is 0.251 e. The highest BCUT2D eigenvalue weighted by atomic mass is 32.2. The first kappa shape index (κ1) is 21.9. The molecular formula is C25H25N3O3S. The number of aromatic hydroxyl groups is 1. The standard InChI is InChI=1S/C25H25N3O3S/c29-21-5-1-3-18(13-21)15-26-25(31)19-9-7-17(8-10-19)16-27-32-22-11-12-23-20(14-22)4-2-6-24(30)28-23/h1,3,5,7-14,27,29H,2,4,6,15-16H2,(H,26,31)(H,28,30). The minimum absolute atomic E-state index is 0.0822. The Morgan fingerprint density at radius 1 is 0.969 bits per heavy atom. The number of carbonyl (C=O) groups is 2. The third kappa shape index (κ3) is 5.90. The molecule has 3 aromatic carbocycles. The van der Waals surface area contributed by atoms with E-state index in [0.29, 0.717) is 25.1 Å². The lowest BCUT2D eigenvalue weighted by molar-refractivity contribution is -0.116. The van der Waals surface area contributed by atoms with Crippen LogP contribution in [0.1, 0.15) is 39.9 Å². The van der Waals surface area contributed by atoms with E-state index in [1.54, 1.807) is 30.1 Å². The zero-order chi connectivity index (χ0) is 22.3. The van der Waals surface area contributed by atoms with E-state index in [9.17, 15) is 14.7 Å². The van der Waals surface area contributed by atoms with Crippen LogP contribution in [0, 0.1) is 0 Å². The van der Waals surface area contributed by atoms with Crippen LogP contribution < -0.4 is 15.4 Å². The van der Waals surface area contributed by atoms with E-state index in [1.807, 2.05) is 42.5 Å². The highest BCUT2D eigenvalue weighted by molar-refractivity contribution is 7.97. The van der Waals surface area contributed by atoms with Gasteiger partial charge in [-0.05, 0) is 83.9 Å². The summed E-state index contributed by atoms with van der Waals surface area (Å²) in [5.41, 5.74) is 4.59. The van der Waals surface area contributed by atoms with E-state index < -0.39 is 0 Å². The number of benzene rings is 3. The van der Waals surface area contributed by atoms with Crippen molar-refractivity contribution >= 4 is 29.4 Å². The van der Waals surface area contributed by atoms with Gasteiger partial charge < -0.3 is 15.7 Å². The number of nitrogens with one attached hydrogen (secondary N) is 3. The van der Waals surface area contributed by atoms with Gasteiger partial charge in [-0.3, -0.25) is 14.3 Å². The fraction of sp³-hybridized carbons (Fsp3) is 0.200. The van der Waals surface area contributed by atoms with E-state index in [1.165, 1.54) is 5.56 Å². The summed E-state index contributed by atoms with van der Waals surface area (Å²) < 4.78 is 3.35. The number of amides is 2. The number of fused-ring (bicyclic) bond motifs is 1. The molecule has 0 unspecified atom stereocenters. The van der Waals surface area contributed by atoms with Crippen LogP contribution >= 0.6 is 11.9 Å². The lowest BCUT2D eigenvalue weighted by Gasteiger charge is -2.10. The van der Waals surface area contributed by atoms with Crippen molar-refractivity contribution in [1.29, 1.82) is 0 Å². The summed E-state index contributed by atoms with van der Waals surface area (Å²) in [5, 5.41) is 15.3. The predicted octanol–water partition coefficient (Wildman–Crippen LogP) is 4.39. The molecule has 0 spiro atoms. The molecule has 0 radical (unpaired) electrons. The molecule has 0 aromatic heterocycles. The van der Waals surface area contributed by atoms with Crippen molar-refractivity contribution < 1.29 is 14.7 Å². The molecule has 3 aromatic rings. The highest BCUT2D eigenvalue weighted by Crippen LogP contribution is 2.27. The van der Waals surface area contributed by atoms with Crippen LogP contribution in [0.3, 0.4) is 0 Å². The molecule has 0 bridgehead atoms. The third-order valence-electron chi connectivity index (χ3n) is 5.25. The minimum atomic E-state index is -0.153. The van der Waals surface area contributed by atoms with E-state index in [-0.39, 0.29) is 17.6 Å². The first-order valence-corrected chi connectivity index (χ1v) is 11.4. The molecule has 0 saturated heterocycles. The first-order valence-electron chi connectivity index (χ1n) is 10.5. The van der Waals surface area contributed by atoms with Crippen molar-refractivity contribution in [2.24, 2.45) is 0 Å². The summed E-state index contributed by atoms with van der Waals surface area (Å²) in [4.78, 5) is 25.1. The molecule has 1 aliphatic rings. The quantitative estimate of drug-likeness (QED) is 0.403. The zero-order valence-corrected chi connectivity index (χ0v) is 18.4. The number of phenolic OH excluding ortho intramolecular Hbond substituents is 1. The van der Waals surface area contributed by atoms with Crippen molar-refractivity contribution in [1.82, 2.24) is 10.0 Å². The predicted molar refractivity (Wildman–Crippen MR) is 126 cm³/mol. The van der Waals surface area contributed by atoms with E-state index in [2.05, 4.69) is 21.4 Å².